The molecule has 0 aromatic rings. The molecule has 0 spiro atoms. The third-order valence-electron chi connectivity index (χ3n) is 1.18. The number of ether oxygens (including phenoxy) is 1. The maximum absolute atomic E-state index is 9.70. The molecular weight excluding hydrogens is 130 g/mol. The number of carbonyl (C=O) groups is 1. The first-order chi connectivity index (χ1) is 4.77. The van der Waals surface area contributed by atoms with Crippen LogP contribution < -0.4 is 5.32 Å². The summed E-state index contributed by atoms with van der Waals surface area (Å²) in [6, 6.07) is 0. The molecule has 1 heterocycles. The Morgan fingerprint density at radius 3 is 1.90 bits per heavy atom. The number of rotatable bonds is 0. The molecule has 60 valence electrons. The quantitative estimate of drug-likeness (QED) is 0.540. The highest BCUT2D eigenvalue weighted by molar-refractivity contribution is 5.72. The van der Waals surface area contributed by atoms with E-state index in [2.05, 4.69) is 5.32 Å². The first kappa shape index (κ1) is 9.43. The van der Waals surface area contributed by atoms with E-state index in [1.54, 1.807) is 7.05 Å². The summed E-state index contributed by atoms with van der Waals surface area (Å²) in [7, 11) is 1.60. The van der Waals surface area contributed by atoms with Crippen molar-refractivity contribution in [2.75, 3.05) is 20.3 Å². The number of nitrogens with one attached hydrogen (secondary N) is 1. The van der Waals surface area contributed by atoms with Crippen LogP contribution in [0.4, 0.5) is 0 Å². The summed E-state index contributed by atoms with van der Waals surface area (Å²) < 4.78 is 4.94. The highest BCUT2D eigenvalue weighted by Gasteiger charge is 1.94. The number of hydrogen-bond donors (Lipinski definition) is 1. The first-order valence-electron chi connectivity index (χ1n) is 3.53. The Balaban J connectivity index is 0.000000162. The van der Waals surface area contributed by atoms with Gasteiger partial charge in [0.1, 0.15) is 0 Å². The van der Waals surface area contributed by atoms with Crippen LogP contribution in [0.5, 0.6) is 0 Å². The molecular formula is C7H15NO2. The molecule has 3 heteroatoms. The predicted molar refractivity (Wildman–Crippen MR) is 39.8 cm³/mol. The molecule has 0 aromatic heterocycles. The van der Waals surface area contributed by atoms with E-state index in [1.165, 1.54) is 19.8 Å². The Morgan fingerprint density at radius 2 is 1.80 bits per heavy atom. The second-order valence-corrected chi connectivity index (χ2v) is 2.13. The Labute approximate surface area is 61.8 Å². The number of hydrogen-bond acceptors (Lipinski definition) is 2. The van der Waals surface area contributed by atoms with Crippen molar-refractivity contribution in [3.8, 4) is 0 Å². The van der Waals surface area contributed by atoms with Crippen LogP contribution >= 0.6 is 0 Å². The largest absolute Gasteiger partial charge is 0.381 e. The Hall–Kier alpha value is -0.570. The van der Waals surface area contributed by atoms with Crippen molar-refractivity contribution >= 4 is 5.91 Å². The minimum atomic E-state index is 0.00463. The average molecular weight is 145 g/mol. The van der Waals surface area contributed by atoms with Crippen molar-refractivity contribution in [3.63, 3.8) is 0 Å². The van der Waals surface area contributed by atoms with Crippen LogP contribution in [0.1, 0.15) is 19.8 Å². The third-order valence-corrected chi connectivity index (χ3v) is 1.18. The van der Waals surface area contributed by atoms with Gasteiger partial charge in [-0.2, -0.15) is 0 Å². The van der Waals surface area contributed by atoms with Crippen molar-refractivity contribution in [1.29, 1.82) is 0 Å². The first-order valence-corrected chi connectivity index (χ1v) is 3.53. The van der Waals surface area contributed by atoms with Crippen molar-refractivity contribution in [2.24, 2.45) is 0 Å². The van der Waals surface area contributed by atoms with Crippen LogP contribution in [0.2, 0.25) is 0 Å². The molecule has 0 atom stereocenters. The van der Waals surface area contributed by atoms with Gasteiger partial charge in [-0.05, 0) is 12.8 Å². The van der Waals surface area contributed by atoms with Crippen molar-refractivity contribution in [2.45, 2.75) is 19.8 Å². The summed E-state index contributed by atoms with van der Waals surface area (Å²) in [5, 5.41) is 2.39. The van der Waals surface area contributed by atoms with Gasteiger partial charge in [0.15, 0.2) is 0 Å². The molecule has 0 aliphatic carbocycles. The molecule has 1 amide bonds. The molecule has 0 radical (unpaired) electrons. The fraction of sp³-hybridized carbons (Fsp3) is 0.857. The summed E-state index contributed by atoms with van der Waals surface area (Å²) >= 11 is 0. The zero-order chi connectivity index (χ0) is 7.82. The minimum Gasteiger partial charge on any atom is -0.381 e. The van der Waals surface area contributed by atoms with Gasteiger partial charge in [-0.15, -0.1) is 0 Å². The second kappa shape index (κ2) is 6.55. The van der Waals surface area contributed by atoms with E-state index in [0.717, 1.165) is 13.2 Å². The zero-order valence-electron chi connectivity index (χ0n) is 6.64. The van der Waals surface area contributed by atoms with Crippen LogP contribution in [0.3, 0.4) is 0 Å². The minimum absolute atomic E-state index is 0.00463. The van der Waals surface area contributed by atoms with E-state index < -0.39 is 0 Å². The van der Waals surface area contributed by atoms with Crippen LogP contribution in [0.25, 0.3) is 0 Å². The lowest BCUT2D eigenvalue weighted by Crippen LogP contribution is -2.11. The summed E-state index contributed by atoms with van der Waals surface area (Å²) in [5.74, 6) is 0.00463. The highest BCUT2D eigenvalue weighted by Crippen LogP contribution is 1.98. The maximum atomic E-state index is 9.70. The maximum Gasteiger partial charge on any atom is 0.216 e. The lowest BCUT2D eigenvalue weighted by atomic mass is 10.4. The molecule has 0 aromatic carbocycles. The Bertz CT molecular complexity index is 82.0. The average Bonchev–Trinajstić information content (AvgIpc) is 2.43. The van der Waals surface area contributed by atoms with E-state index >= 15 is 0 Å². The van der Waals surface area contributed by atoms with Crippen molar-refractivity contribution < 1.29 is 9.53 Å². The van der Waals surface area contributed by atoms with E-state index in [0.29, 0.717) is 0 Å². The van der Waals surface area contributed by atoms with Crippen LogP contribution in [-0.4, -0.2) is 26.2 Å². The molecule has 1 saturated heterocycles. The van der Waals surface area contributed by atoms with E-state index in [4.69, 9.17) is 4.74 Å². The monoisotopic (exact) mass is 145 g/mol. The topological polar surface area (TPSA) is 38.3 Å². The van der Waals surface area contributed by atoms with E-state index in [1.807, 2.05) is 0 Å². The number of carbonyl (C=O) groups excluding carboxylic acids is 1. The molecule has 0 bridgehead atoms. The van der Waals surface area contributed by atoms with Gasteiger partial charge in [0.2, 0.25) is 5.91 Å². The van der Waals surface area contributed by atoms with Gasteiger partial charge in [0, 0.05) is 27.2 Å². The molecule has 1 aliphatic heterocycles. The molecule has 10 heavy (non-hydrogen) atoms. The van der Waals surface area contributed by atoms with Gasteiger partial charge in [0.25, 0.3) is 0 Å². The fourth-order valence-corrected chi connectivity index (χ4v) is 0.510. The van der Waals surface area contributed by atoms with Crippen molar-refractivity contribution in [1.82, 2.24) is 5.32 Å². The highest BCUT2D eigenvalue weighted by atomic mass is 16.5. The molecule has 1 aliphatic rings. The van der Waals surface area contributed by atoms with Crippen molar-refractivity contribution in [3.05, 3.63) is 0 Å². The normalized spacial score (nSPS) is 15.4. The van der Waals surface area contributed by atoms with Gasteiger partial charge in [-0.1, -0.05) is 0 Å². The second-order valence-electron chi connectivity index (χ2n) is 2.13. The van der Waals surface area contributed by atoms with Crippen LogP contribution in [0, 0.1) is 0 Å². The summed E-state index contributed by atoms with van der Waals surface area (Å²) in [5.41, 5.74) is 0. The lowest BCUT2D eigenvalue weighted by molar-refractivity contribution is -0.118. The van der Waals surface area contributed by atoms with Gasteiger partial charge in [-0.25, -0.2) is 0 Å². The standard InChI is InChI=1S/C4H8O.C3H7NO/c1-2-4-5-3-1;1-3(5)4-2/h1-4H2;1-2H3,(H,4,5). The Morgan fingerprint density at radius 1 is 1.40 bits per heavy atom. The van der Waals surface area contributed by atoms with Crippen LogP contribution in [0.15, 0.2) is 0 Å². The molecule has 3 nitrogen and oxygen atoms in total. The summed E-state index contributed by atoms with van der Waals surface area (Å²) in [6.45, 7) is 3.47. The third kappa shape index (κ3) is 7.43. The number of amides is 1. The summed E-state index contributed by atoms with van der Waals surface area (Å²) in [4.78, 5) is 9.70. The van der Waals surface area contributed by atoms with Gasteiger partial charge >= 0.3 is 0 Å². The van der Waals surface area contributed by atoms with E-state index in [9.17, 15) is 4.79 Å². The van der Waals surface area contributed by atoms with Gasteiger partial charge < -0.3 is 10.1 Å². The van der Waals surface area contributed by atoms with E-state index in [-0.39, 0.29) is 5.91 Å². The molecule has 0 unspecified atom stereocenters. The SMILES string of the molecule is C1CCOC1.CNC(C)=O. The molecule has 1 rings (SSSR count). The Kier molecular flexibility index (Phi) is 6.18. The molecule has 1 fully saturated rings. The lowest BCUT2D eigenvalue weighted by Gasteiger charge is -1.80. The summed E-state index contributed by atoms with van der Waals surface area (Å²) in [6.07, 6.45) is 2.56. The molecule has 1 N–H and O–H groups in total. The van der Waals surface area contributed by atoms with Gasteiger partial charge in [-0.3, -0.25) is 4.79 Å². The van der Waals surface area contributed by atoms with Gasteiger partial charge in [0.05, 0.1) is 0 Å². The predicted octanol–water partition coefficient (Wildman–Crippen LogP) is 0.549. The fourth-order valence-electron chi connectivity index (χ4n) is 0.510. The molecule has 0 saturated carbocycles. The zero-order valence-corrected chi connectivity index (χ0v) is 6.64. The van der Waals surface area contributed by atoms with Crippen LogP contribution in [-0.2, 0) is 9.53 Å². The smallest absolute Gasteiger partial charge is 0.216 e.